The molecular formula is C12H17Cl2NO. The molecule has 1 aliphatic rings. The van der Waals surface area contributed by atoms with Crippen molar-refractivity contribution in [2.75, 3.05) is 11.9 Å². The zero-order valence-electron chi connectivity index (χ0n) is 9.59. The molecule has 0 saturated heterocycles. The molecule has 1 aromatic rings. The molecule has 0 aromatic heterocycles. The van der Waals surface area contributed by atoms with E-state index in [1.165, 1.54) is 0 Å². The van der Waals surface area contributed by atoms with Crippen LogP contribution in [0.5, 0.6) is 0 Å². The van der Waals surface area contributed by atoms with E-state index < -0.39 is 0 Å². The molecule has 0 aliphatic carbocycles. The molecule has 0 unspecified atom stereocenters. The van der Waals surface area contributed by atoms with E-state index in [1.54, 1.807) is 0 Å². The molecule has 1 aromatic carbocycles. The lowest BCUT2D eigenvalue weighted by Gasteiger charge is -2.15. The van der Waals surface area contributed by atoms with Crippen molar-refractivity contribution in [3.63, 3.8) is 0 Å². The third-order valence-electron chi connectivity index (χ3n) is 1.94. The normalized spacial score (nSPS) is 12.1. The van der Waals surface area contributed by atoms with E-state index in [1.807, 2.05) is 38.1 Å². The molecule has 1 heterocycles. The van der Waals surface area contributed by atoms with Crippen molar-refractivity contribution in [1.29, 1.82) is 0 Å². The molecule has 0 atom stereocenters. The van der Waals surface area contributed by atoms with Gasteiger partial charge in [-0.2, -0.15) is 0 Å². The Bertz CT molecular complexity index is 316. The van der Waals surface area contributed by atoms with Crippen LogP contribution in [0.1, 0.15) is 29.8 Å². The monoisotopic (exact) mass is 261 g/mol. The van der Waals surface area contributed by atoms with Gasteiger partial charge in [-0.15, -0.1) is 23.2 Å². The SMILES string of the molecule is CC.ClCCl.O=C1NCCc2ccccc21. The quantitative estimate of drug-likeness (QED) is 0.713. The number of carbonyl (C=O) groups excluding carboxylic acids is 1. The Labute approximate surface area is 107 Å². The Balaban J connectivity index is 0.000000394. The van der Waals surface area contributed by atoms with Crippen LogP contribution < -0.4 is 5.32 Å². The van der Waals surface area contributed by atoms with Gasteiger partial charge in [0, 0.05) is 12.1 Å². The molecule has 0 saturated carbocycles. The van der Waals surface area contributed by atoms with Crippen LogP contribution in [0.15, 0.2) is 24.3 Å². The van der Waals surface area contributed by atoms with Gasteiger partial charge in [-0.25, -0.2) is 0 Å². The number of carbonyl (C=O) groups is 1. The summed E-state index contributed by atoms with van der Waals surface area (Å²) in [5.74, 6) is 0.0619. The summed E-state index contributed by atoms with van der Waals surface area (Å²) in [5, 5.41) is 2.99. The summed E-state index contributed by atoms with van der Waals surface area (Å²) < 4.78 is 0. The first kappa shape index (κ1) is 15.3. The predicted molar refractivity (Wildman–Crippen MR) is 70.4 cm³/mol. The molecule has 0 fully saturated rings. The minimum atomic E-state index is 0.0619. The van der Waals surface area contributed by atoms with Crippen molar-refractivity contribution in [3.05, 3.63) is 35.4 Å². The van der Waals surface area contributed by atoms with Crippen LogP contribution in [0.4, 0.5) is 0 Å². The minimum Gasteiger partial charge on any atom is -0.352 e. The average molecular weight is 262 g/mol. The largest absolute Gasteiger partial charge is 0.352 e. The first-order chi connectivity index (χ1) is 7.79. The second kappa shape index (κ2) is 9.49. The molecule has 1 aliphatic heterocycles. The van der Waals surface area contributed by atoms with Crippen LogP contribution in [-0.2, 0) is 6.42 Å². The number of nitrogens with one attached hydrogen (secondary N) is 1. The van der Waals surface area contributed by atoms with Gasteiger partial charge in [0.1, 0.15) is 0 Å². The highest BCUT2D eigenvalue weighted by atomic mass is 35.5. The van der Waals surface area contributed by atoms with E-state index in [4.69, 9.17) is 23.2 Å². The number of alkyl halides is 2. The lowest BCUT2D eigenvalue weighted by Crippen LogP contribution is -2.31. The van der Waals surface area contributed by atoms with E-state index in [-0.39, 0.29) is 11.2 Å². The maximum absolute atomic E-state index is 11.2. The standard InChI is InChI=1S/C9H9NO.C2H6.CH2Cl2/c11-9-8-4-2-1-3-7(8)5-6-10-9;1-2;2-1-3/h1-4H,5-6H2,(H,10,11);1-2H3;1H2. The highest BCUT2D eigenvalue weighted by Gasteiger charge is 2.14. The molecule has 0 radical (unpaired) electrons. The Morgan fingerprint density at radius 3 is 2.38 bits per heavy atom. The number of benzene rings is 1. The van der Waals surface area contributed by atoms with E-state index in [9.17, 15) is 4.79 Å². The van der Waals surface area contributed by atoms with Crippen molar-refractivity contribution >= 4 is 29.1 Å². The predicted octanol–water partition coefficient (Wildman–Crippen LogP) is 3.42. The Hall–Kier alpha value is -0.730. The van der Waals surface area contributed by atoms with E-state index in [0.29, 0.717) is 0 Å². The van der Waals surface area contributed by atoms with Crippen LogP contribution in [-0.4, -0.2) is 17.8 Å². The van der Waals surface area contributed by atoms with Gasteiger partial charge in [0.15, 0.2) is 0 Å². The molecule has 16 heavy (non-hydrogen) atoms. The average Bonchev–Trinajstić information content (AvgIpc) is 2.33. The number of rotatable bonds is 0. The fourth-order valence-electron chi connectivity index (χ4n) is 1.37. The van der Waals surface area contributed by atoms with Gasteiger partial charge in [0.25, 0.3) is 5.91 Å². The Morgan fingerprint density at radius 1 is 1.25 bits per heavy atom. The lowest BCUT2D eigenvalue weighted by molar-refractivity contribution is 0.0946. The fraction of sp³-hybridized carbons (Fsp3) is 0.417. The molecule has 4 heteroatoms. The number of halogens is 2. The van der Waals surface area contributed by atoms with Crippen LogP contribution in [0, 0.1) is 0 Å². The van der Waals surface area contributed by atoms with Gasteiger partial charge in [0.05, 0.1) is 5.34 Å². The van der Waals surface area contributed by atoms with Gasteiger partial charge in [-0.05, 0) is 18.1 Å². The summed E-state index contributed by atoms with van der Waals surface area (Å²) in [6.45, 7) is 4.77. The molecule has 1 amide bonds. The van der Waals surface area contributed by atoms with Gasteiger partial charge >= 0.3 is 0 Å². The van der Waals surface area contributed by atoms with Crippen LogP contribution >= 0.6 is 23.2 Å². The number of amides is 1. The Kier molecular flexibility index (Phi) is 9.06. The molecule has 0 bridgehead atoms. The van der Waals surface area contributed by atoms with Crippen molar-refractivity contribution < 1.29 is 4.79 Å². The second-order valence-electron chi connectivity index (χ2n) is 2.76. The lowest BCUT2D eigenvalue weighted by atomic mass is 10.0. The summed E-state index contributed by atoms with van der Waals surface area (Å²) in [5.41, 5.74) is 2.00. The van der Waals surface area contributed by atoms with E-state index in [0.717, 1.165) is 24.1 Å². The van der Waals surface area contributed by atoms with Crippen LogP contribution in [0.25, 0.3) is 0 Å². The summed E-state index contributed by atoms with van der Waals surface area (Å²) in [4.78, 5) is 11.2. The number of hydrogen-bond acceptors (Lipinski definition) is 1. The third-order valence-corrected chi connectivity index (χ3v) is 1.94. The Morgan fingerprint density at radius 2 is 1.81 bits per heavy atom. The summed E-state index contributed by atoms with van der Waals surface area (Å²) in [6.07, 6.45) is 0.960. The molecule has 0 spiro atoms. The molecule has 1 N–H and O–H groups in total. The van der Waals surface area contributed by atoms with Gasteiger partial charge in [-0.1, -0.05) is 32.0 Å². The first-order valence-electron chi connectivity index (χ1n) is 5.27. The summed E-state index contributed by atoms with van der Waals surface area (Å²) in [7, 11) is 0. The first-order valence-corrected chi connectivity index (χ1v) is 6.34. The van der Waals surface area contributed by atoms with Crippen molar-refractivity contribution in [3.8, 4) is 0 Å². The summed E-state index contributed by atoms with van der Waals surface area (Å²) >= 11 is 9.53. The smallest absolute Gasteiger partial charge is 0.251 e. The third kappa shape index (κ3) is 4.86. The molecular weight excluding hydrogens is 245 g/mol. The molecule has 2 rings (SSSR count). The van der Waals surface area contributed by atoms with Gasteiger partial charge in [0.2, 0.25) is 0 Å². The molecule has 2 nitrogen and oxygen atoms in total. The van der Waals surface area contributed by atoms with Gasteiger partial charge < -0.3 is 5.32 Å². The number of fused-ring (bicyclic) bond motifs is 1. The highest BCUT2D eigenvalue weighted by molar-refractivity contribution is 6.40. The maximum Gasteiger partial charge on any atom is 0.251 e. The fourth-order valence-corrected chi connectivity index (χ4v) is 1.37. The van der Waals surface area contributed by atoms with Crippen molar-refractivity contribution in [2.24, 2.45) is 0 Å². The highest BCUT2D eigenvalue weighted by Crippen LogP contribution is 2.11. The molecule has 90 valence electrons. The summed E-state index contributed by atoms with van der Waals surface area (Å²) in [6, 6.07) is 7.74. The minimum absolute atomic E-state index is 0.0619. The topological polar surface area (TPSA) is 29.1 Å². The zero-order valence-corrected chi connectivity index (χ0v) is 11.1. The second-order valence-corrected chi connectivity index (χ2v) is 3.57. The van der Waals surface area contributed by atoms with Crippen molar-refractivity contribution in [1.82, 2.24) is 5.32 Å². The zero-order chi connectivity index (χ0) is 12.4. The maximum atomic E-state index is 11.2. The number of hydrogen-bond donors (Lipinski definition) is 1. The van der Waals surface area contributed by atoms with E-state index >= 15 is 0 Å². The van der Waals surface area contributed by atoms with Crippen molar-refractivity contribution in [2.45, 2.75) is 20.3 Å². The van der Waals surface area contributed by atoms with Crippen LogP contribution in [0.3, 0.4) is 0 Å². The van der Waals surface area contributed by atoms with E-state index in [2.05, 4.69) is 5.32 Å². The van der Waals surface area contributed by atoms with Crippen LogP contribution in [0.2, 0.25) is 0 Å². The van der Waals surface area contributed by atoms with Gasteiger partial charge in [-0.3, -0.25) is 4.79 Å².